The number of nitrogens with zero attached hydrogens (tertiary/aromatic N) is 4. The molecule has 0 saturated carbocycles. The number of rotatable bonds is 10. The second-order valence-electron chi connectivity index (χ2n) is 4.67. The predicted molar refractivity (Wildman–Crippen MR) is 85.8 cm³/mol. The number of hydrogen-bond donors (Lipinski definition) is 0. The lowest BCUT2D eigenvalue weighted by atomic mass is 10.1. The first-order valence-electron chi connectivity index (χ1n) is 6.89. The SMILES string of the molecule is CCCCCCCCSc1nnc(/N=C/N(C)C)s1. The Balaban J connectivity index is 2.13. The number of aromatic nitrogens is 2. The first kappa shape index (κ1) is 16.4. The third-order valence-corrected chi connectivity index (χ3v) is 4.57. The monoisotopic (exact) mass is 300 g/mol. The Kier molecular flexibility index (Phi) is 8.82. The van der Waals surface area contributed by atoms with E-state index in [4.69, 9.17) is 0 Å². The van der Waals surface area contributed by atoms with Gasteiger partial charge < -0.3 is 4.90 Å². The Labute approximate surface area is 124 Å². The largest absolute Gasteiger partial charge is 0.369 e. The van der Waals surface area contributed by atoms with Crippen molar-refractivity contribution < 1.29 is 0 Å². The molecule has 0 atom stereocenters. The van der Waals surface area contributed by atoms with Gasteiger partial charge in [0.15, 0.2) is 4.34 Å². The minimum absolute atomic E-state index is 0.735. The molecular weight excluding hydrogens is 276 g/mol. The molecule has 0 saturated heterocycles. The van der Waals surface area contributed by atoms with E-state index < -0.39 is 0 Å². The minimum Gasteiger partial charge on any atom is -0.369 e. The van der Waals surface area contributed by atoms with Crippen molar-refractivity contribution in [3.63, 3.8) is 0 Å². The van der Waals surface area contributed by atoms with Crippen LogP contribution in [0.25, 0.3) is 0 Å². The van der Waals surface area contributed by atoms with Crippen molar-refractivity contribution in [1.82, 2.24) is 15.1 Å². The van der Waals surface area contributed by atoms with Gasteiger partial charge >= 0.3 is 0 Å². The van der Waals surface area contributed by atoms with Gasteiger partial charge in [-0.05, 0) is 6.42 Å². The van der Waals surface area contributed by atoms with Crippen LogP contribution in [0.15, 0.2) is 9.33 Å². The molecule has 108 valence electrons. The fraction of sp³-hybridized carbons (Fsp3) is 0.769. The summed E-state index contributed by atoms with van der Waals surface area (Å²) in [5, 5.41) is 8.93. The lowest BCUT2D eigenvalue weighted by Gasteiger charge is -1.99. The van der Waals surface area contributed by atoms with Gasteiger partial charge in [-0.3, -0.25) is 0 Å². The summed E-state index contributed by atoms with van der Waals surface area (Å²) in [6.07, 6.45) is 9.78. The second-order valence-corrected chi connectivity index (χ2v) is 6.97. The standard InChI is InChI=1S/C13H24N4S2/c1-4-5-6-7-8-9-10-18-13-16-15-12(19-13)14-11-17(2)3/h11H,4-10H2,1-3H3/b14-11+. The molecule has 0 aromatic carbocycles. The third-order valence-electron chi connectivity index (χ3n) is 2.52. The topological polar surface area (TPSA) is 41.4 Å². The van der Waals surface area contributed by atoms with E-state index in [0.29, 0.717) is 0 Å². The Hall–Kier alpha value is -0.620. The highest BCUT2D eigenvalue weighted by Gasteiger charge is 2.02. The number of unbranched alkanes of at least 4 members (excludes halogenated alkanes) is 5. The average molecular weight is 300 g/mol. The molecule has 0 amide bonds. The van der Waals surface area contributed by atoms with Gasteiger partial charge in [-0.25, -0.2) is 4.99 Å². The van der Waals surface area contributed by atoms with Crippen molar-refractivity contribution in [2.75, 3.05) is 19.8 Å². The lowest BCUT2D eigenvalue weighted by Crippen LogP contribution is -2.06. The fourth-order valence-corrected chi connectivity index (χ4v) is 3.27. The fourth-order valence-electron chi connectivity index (χ4n) is 1.52. The van der Waals surface area contributed by atoms with Crippen LogP contribution in [0, 0.1) is 0 Å². The summed E-state index contributed by atoms with van der Waals surface area (Å²) in [7, 11) is 3.89. The highest BCUT2D eigenvalue weighted by Crippen LogP contribution is 2.27. The molecule has 0 N–H and O–H groups in total. The smallest absolute Gasteiger partial charge is 0.233 e. The predicted octanol–water partition coefficient (Wildman–Crippen LogP) is 4.21. The molecule has 0 bridgehead atoms. The Morgan fingerprint density at radius 3 is 2.63 bits per heavy atom. The molecule has 0 aliphatic heterocycles. The van der Waals surface area contributed by atoms with Gasteiger partial charge in [0, 0.05) is 19.8 Å². The van der Waals surface area contributed by atoms with Crippen molar-refractivity contribution in [3.8, 4) is 0 Å². The Morgan fingerprint density at radius 2 is 1.89 bits per heavy atom. The summed E-state index contributed by atoms with van der Waals surface area (Å²) in [5.41, 5.74) is 0. The Morgan fingerprint density at radius 1 is 1.16 bits per heavy atom. The first-order chi connectivity index (χ1) is 9.22. The van der Waals surface area contributed by atoms with E-state index >= 15 is 0 Å². The lowest BCUT2D eigenvalue weighted by molar-refractivity contribution is 0.627. The van der Waals surface area contributed by atoms with Crippen molar-refractivity contribution in [2.45, 2.75) is 49.8 Å². The van der Waals surface area contributed by atoms with Crippen LogP contribution < -0.4 is 0 Å². The Bertz CT molecular complexity index is 363. The zero-order chi connectivity index (χ0) is 13.9. The molecule has 0 aliphatic carbocycles. The maximum atomic E-state index is 4.24. The van der Waals surface area contributed by atoms with E-state index in [9.17, 15) is 0 Å². The molecule has 0 radical (unpaired) electrons. The molecule has 0 unspecified atom stereocenters. The van der Waals surface area contributed by atoms with Gasteiger partial charge in [-0.15, -0.1) is 10.2 Å². The van der Waals surface area contributed by atoms with E-state index in [0.717, 1.165) is 15.2 Å². The molecule has 1 aromatic heterocycles. The molecule has 6 heteroatoms. The van der Waals surface area contributed by atoms with Crippen LogP contribution in [0.3, 0.4) is 0 Å². The van der Waals surface area contributed by atoms with Gasteiger partial charge in [0.2, 0.25) is 5.13 Å². The van der Waals surface area contributed by atoms with Crippen molar-refractivity contribution in [1.29, 1.82) is 0 Å². The molecule has 0 fully saturated rings. The molecular formula is C13H24N4S2. The highest BCUT2D eigenvalue weighted by molar-refractivity contribution is 8.01. The van der Waals surface area contributed by atoms with Crippen LogP contribution >= 0.6 is 23.1 Å². The van der Waals surface area contributed by atoms with Gasteiger partial charge in [0.1, 0.15) is 0 Å². The van der Waals surface area contributed by atoms with Gasteiger partial charge in [0.05, 0.1) is 6.34 Å². The van der Waals surface area contributed by atoms with Crippen LogP contribution in [-0.2, 0) is 0 Å². The number of hydrogen-bond acceptors (Lipinski definition) is 5. The van der Waals surface area contributed by atoms with E-state index in [2.05, 4.69) is 22.1 Å². The summed E-state index contributed by atoms with van der Waals surface area (Å²) < 4.78 is 1.03. The summed E-state index contributed by atoms with van der Waals surface area (Å²) >= 11 is 3.36. The van der Waals surface area contributed by atoms with E-state index in [1.807, 2.05) is 19.0 Å². The van der Waals surface area contributed by atoms with Crippen LogP contribution in [-0.4, -0.2) is 41.3 Å². The number of thioether (sulfide) groups is 1. The van der Waals surface area contributed by atoms with Gasteiger partial charge in [0.25, 0.3) is 0 Å². The van der Waals surface area contributed by atoms with Gasteiger partial charge in [-0.1, -0.05) is 62.1 Å². The summed E-state index contributed by atoms with van der Waals surface area (Å²) in [6, 6.07) is 0. The van der Waals surface area contributed by atoms with Crippen molar-refractivity contribution >= 4 is 34.6 Å². The minimum atomic E-state index is 0.735. The van der Waals surface area contributed by atoms with Crippen LogP contribution in [0.2, 0.25) is 0 Å². The number of aliphatic imine (C=N–C) groups is 1. The van der Waals surface area contributed by atoms with E-state index in [1.54, 1.807) is 29.4 Å². The molecule has 0 spiro atoms. The normalized spacial score (nSPS) is 11.3. The second kappa shape index (κ2) is 10.2. The zero-order valence-electron chi connectivity index (χ0n) is 12.1. The third kappa shape index (κ3) is 8.21. The molecule has 1 aromatic rings. The summed E-state index contributed by atoms with van der Waals surface area (Å²) in [4.78, 5) is 6.13. The van der Waals surface area contributed by atoms with E-state index in [-0.39, 0.29) is 0 Å². The van der Waals surface area contributed by atoms with Crippen molar-refractivity contribution in [3.05, 3.63) is 0 Å². The molecule has 1 heterocycles. The maximum Gasteiger partial charge on any atom is 0.233 e. The summed E-state index contributed by atoms with van der Waals surface area (Å²) in [5.74, 6) is 1.14. The van der Waals surface area contributed by atoms with Gasteiger partial charge in [-0.2, -0.15) is 0 Å². The van der Waals surface area contributed by atoms with E-state index in [1.165, 1.54) is 38.5 Å². The van der Waals surface area contributed by atoms with Crippen molar-refractivity contribution in [2.24, 2.45) is 4.99 Å². The highest BCUT2D eigenvalue weighted by atomic mass is 32.2. The quantitative estimate of drug-likeness (QED) is 0.281. The zero-order valence-corrected chi connectivity index (χ0v) is 13.8. The molecule has 1 rings (SSSR count). The molecule has 19 heavy (non-hydrogen) atoms. The van der Waals surface area contributed by atoms with Crippen LogP contribution in [0.5, 0.6) is 0 Å². The van der Waals surface area contributed by atoms with Crippen LogP contribution in [0.4, 0.5) is 5.13 Å². The van der Waals surface area contributed by atoms with Crippen LogP contribution in [0.1, 0.15) is 45.4 Å². The maximum absolute atomic E-state index is 4.24. The summed E-state index contributed by atoms with van der Waals surface area (Å²) in [6.45, 7) is 2.25. The molecule has 4 nitrogen and oxygen atoms in total. The molecule has 0 aliphatic rings. The average Bonchev–Trinajstić information content (AvgIpc) is 2.83. The first-order valence-corrected chi connectivity index (χ1v) is 8.69.